The first-order valence-corrected chi connectivity index (χ1v) is 2.79. The Labute approximate surface area is 58.1 Å². The summed E-state index contributed by atoms with van der Waals surface area (Å²) in [6.07, 6.45) is 0. The summed E-state index contributed by atoms with van der Waals surface area (Å²) in [4.78, 5) is 18.2. The van der Waals surface area contributed by atoms with Gasteiger partial charge in [-0.2, -0.15) is 0 Å². The average Bonchev–Trinajstić information content (AvgIpc) is 1.68. The van der Waals surface area contributed by atoms with Crippen molar-refractivity contribution in [3.8, 4) is 0 Å². The van der Waals surface area contributed by atoms with Gasteiger partial charge in [-0.1, -0.05) is 0 Å². The second-order valence-corrected chi connectivity index (χ2v) is 0.954. The number of carboxylic acids is 2. The standard InChI is InChI=1S/C2H2O4.2O.Ti/c3-1(4)2(5)6;;;/h(H,3,4)(H,5,6);;;. The quantitative estimate of drug-likeness (QED) is 0.353. The van der Waals surface area contributed by atoms with Crippen LogP contribution in [-0.4, -0.2) is 22.2 Å². The van der Waals surface area contributed by atoms with Crippen LogP contribution in [-0.2, 0) is 35.3 Å². The molecule has 0 amide bonds. The molecule has 0 heterocycles. The average molecular weight is 170 g/mol. The van der Waals surface area contributed by atoms with Crippen molar-refractivity contribution in [1.29, 1.82) is 0 Å². The fraction of sp³-hybridized carbons (Fsp3) is 0. The first-order valence-electron chi connectivity index (χ1n) is 1.51. The summed E-state index contributed by atoms with van der Waals surface area (Å²) >= 11 is -2.00. The van der Waals surface area contributed by atoms with Gasteiger partial charge in [0.2, 0.25) is 0 Å². The Kier molecular flexibility index (Phi) is 8.95. The van der Waals surface area contributed by atoms with Crippen molar-refractivity contribution < 1.29 is 45.5 Å². The monoisotopic (exact) mass is 170 g/mol. The van der Waals surface area contributed by atoms with Crippen LogP contribution in [0.3, 0.4) is 0 Å². The van der Waals surface area contributed by atoms with Crippen molar-refractivity contribution in [1.82, 2.24) is 0 Å². The molecule has 0 bridgehead atoms. The molecule has 2 N–H and O–H groups in total. The number of carbonyl (C=O) groups is 2. The molecule has 0 aromatic rings. The second kappa shape index (κ2) is 7.25. The van der Waals surface area contributed by atoms with Gasteiger partial charge in [-0.05, 0) is 0 Å². The molecule has 0 aliphatic heterocycles. The summed E-state index contributed by atoms with van der Waals surface area (Å²) in [5, 5.41) is 14.8. The second-order valence-electron chi connectivity index (χ2n) is 0.694. The molecule has 0 aliphatic rings. The Morgan fingerprint density at radius 2 is 1.11 bits per heavy atom. The third kappa shape index (κ3) is 18.9. The van der Waals surface area contributed by atoms with Gasteiger partial charge < -0.3 is 10.2 Å². The van der Waals surface area contributed by atoms with E-state index in [4.69, 9.17) is 26.5 Å². The zero-order chi connectivity index (χ0) is 7.86. The number of hydrogen-bond donors (Lipinski definition) is 2. The van der Waals surface area contributed by atoms with Crippen LogP contribution in [0.15, 0.2) is 0 Å². The van der Waals surface area contributed by atoms with Crippen LogP contribution in [0.4, 0.5) is 0 Å². The Balaban J connectivity index is 0. The summed E-state index contributed by atoms with van der Waals surface area (Å²) < 4.78 is 17.0. The molecule has 0 radical (unpaired) electrons. The number of aliphatic carboxylic acids is 2. The molecule has 0 saturated carbocycles. The third-order valence-electron chi connectivity index (χ3n) is 0.183. The van der Waals surface area contributed by atoms with E-state index in [1.807, 2.05) is 0 Å². The topological polar surface area (TPSA) is 109 Å². The van der Waals surface area contributed by atoms with Gasteiger partial charge >= 0.3 is 37.7 Å². The molecule has 50 valence electrons. The van der Waals surface area contributed by atoms with E-state index in [0.29, 0.717) is 0 Å². The van der Waals surface area contributed by atoms with E-state index in [-0.39, 0.29) is 0 Å². The summed E-state index contributed by atoms with van der Waals surface area (Å²) in [5.41, 5.74) is 0. The van der Waals surface area contributed by atoms with Crippen LogP contribution < -0.4 is 0 Å². The van der Waals surface area contributed by atoms with Crippen molar-refractivity contribution in [3.05, 3.63) is 0 Å². The molecule has 0 aromatic heterocycles. The molecule has 0 rings (SSSR count). The predicted octanol–water partition coefficient (Wildman–Crippen LogP) is -1.08. The molecular formula is C2H2O6Ti. The first kappa shape index (κ1) is 11.1. The molecule has 7 heteroatoms. The summed E-state index contributed by atoms with van der Waals surface area (Å²) in [7, 11) is 0. The number of rotatable bonds is 0. The molecular weight excluding hydrogens is 168 g/mol. The van der Waals surface area contributed by atoms with E-state index < -0.39 is 31.0 Å². The zero-order valence-corrected chi connectivity index (χ0v) is 5.59. The van der Waals surface area contributed by atoms with Gasteiger partial charge in [0.25, 0.3) is 0 Å². The van der Waals surface area contributed by atoms with Crippen LogP contribution in [0.2, 0.25) is 0 Å². The van der Waals surface area contributed by atoms with E-state index in [2.05, 4.69) is 0 Å². The zero-order valence-electron chi connectivity index (χ0n) is 4.03. The normalized spacial score (nSPS) is 5.78. The summed E-state index contributed by atoms with van der Waals surface area (Å²) in [6, 6.07) is 0. The Morgan fingerprint density at radius 3 is 1.11 bits per heavy atom. The molecule has 0 aliphatic carbocycles. The molecule has 0 aromatic carbocycles. The Morgan fingerprint density at radius 1 is 1.00 bits per heavy atom. The SMILES string of the molecule is O=C(O)C(=O)O.[O]=[Ti]=[O]. The fourth-order valence-corrected chi connectivity index (χ4v) is 0. The van der Waals surface area contributed by atoms with E-state index in [1.165, 1.54) is 0 Å². The maximum atomic E-state index is 9.10. The van der Waals surface area contributed by atoms with Crippen LogP contribution in [0.25, 0.3) is 0 Å². The van der Waals surface area contributed by atoms with Gasteiger partial charge in [0.1, 0.15) is 0 Å². The van der Waals surface area contributed by atoms with Crippen molar-refractivity contribution in [3.63, 3.8) is 0 Å². The van der Waals surface area contributed by atoms with E-state index in [0.717, 1.165) is 0 Å². The molecule has 0 fully saturated rings. The van der Waals surface area contributed by atoms with Crippen LogP contribution in [0.5, 0.6) is 0 Å². The first-order chi connectivity index (χ1) is 4.06. The van der Waals surface area contributed by atoms with Gasteiger partial charge in [0.05, 0.1) is 0 Å². The molecule has 0 saturated heterocycles. The predicted molar refractivity (Wildman–Crippen MR) is 16.6 cm³/mol. The van der Waals surface area contributed by atoms with E-state index >= 15 is 0 Å². The van der Waals surface area contributed by atoms with Crippen LogP contribution in [0.1, 0.15) is 0 Å². The number of carboxylic acid groups (broad SMARTS) is 2. The minimum absolute atomic E-state index is 1.82. The van der Waals surface area contributed by atoms with E-state index in [9.17, 15) is 0 Å². The molecule has 6 nitrogen and oxygen atoms in total. The minimum atomic E-state index is -2.00. The molecule has 0 atom stereocenters. The van der Waals surface area contributed by atoms with Crippen LogP contribution in [0, 0.1) is 0 Å². The van der Waals surface area contributed by atoms with Gasteiger partial charge in [-0.25, -0.2) is 9.59 Å². The molecule has 0 unspecified atom stereocenters. The van der Waals surface area contributed by atoms with Gasteiger partial charge in [-0.3, -0.25) is 0 Å². The fourth-order valence-electron chi connectivity index (χ4n) is 0. The summed E-state index contributed by atoms with van der Waals surface area (Å²) in [5.74, 6) is -3.65. The van der Waals surface area contributed by atoms with Gasteiger partial charge in [0.15, 0.2) is 0 Å². The van der Waals surface area contributed by atoms with Crippen LogP contribution >= 0.6 is 0 Å². The van der Waals surface area contributed by atoms with Gasteiger partial charge in [0, 0.05) is 0 Å². The van der Waals surface area contributed by atoms with Crippen molar-refractivity contribution in [2.24, 2.45) is 0 Å². The Bertz CT molecular complexity index is 131. The maximum absolute atomic E-state index is 9.10. The third-order valence-corrected chi connectivity index (χ3v) is 0.183. The summed E-state index contributed by atoms with van der Waals surface area (Å²) in [6.45, 7) is 0. The van der Waals surface area contributed by atoms with E-state index in [1.54, 1.807) is 0 Å². The number of hydrogen-bond acceptors (Lipinski definition) is 4. The van der Waals surface area contributed by atoms with Crippen molar-refractivity contribution in [2.75, 3.05) is 0 Å². The van der Waals surface area contributed by atoms with Gasteiger partial charge in [-0.15, -0.1) is 0 Å². The molecule has 9 heavy (non-hydrogen) atoms. The molecule has 0 spiro atoms. The van der Waals surface area contributed by atoms with Crippen molar-refractivity contribution >= 4 is 11.9 Å². The Hall–Kier alpha value is -0.746. The van der Waals surface area contributed by atoms with Crippen molar-refractivity contribution in [2.45, 2.75) is 0 Å².